The molecule has 128 valence electrons. The molecule has 1 aliphatic rings. The Morgan fingerprint density at radius 3 is 2.39 bits per heavy atom. The number of hydrogen-bond acceptors (Lipinski definition) is 2. The second-order valence-electron chi connectivity index (χ2n) is 6.87. The van der Waals surface area contributed by atoms with Crippen LogP contribution in [0.25, 0.3) is 0 Å². The van der Waals surface area contributed by atoms with Gasteiger partial charge in [-0.1, -0.05) is 82.2 Å². The smallest absolute Gasteiger partial charge is 0.313 e. The van der Waals surface area contributed by atoms with Crippen LogP contribution in [0.2, 0.25) is 0 Å². The summed E-state index contributed by atoms with van der Waals surface area (Å²) in [5, 5.41) is 0. The maximum atomic E-state index is 12.6. The van der Waals surface area contributed by atoms with Gasteiger partial charge < -0.3 is 4.74 Å². The summed E-state index contributed by atoms with van der Waals surface area (Å²) in [5.74, 6) is 0.407. The molecule has 0 saturated heterocycles. The molecule has 23 heavy (non-hydrogen) atoms. The van der Waals surface area contributed by atoms with Crippen molar-refractivity contribution in [2.24, 2.45) is 5.92 Å². The summed E-state index contributed by atoms with van der Waals surface area (Å²) in [6.45, 7) is 2.82. The van der Waals surface area contributed by atoms with Crippen molar-refractivity contribution in [2.45, 2.75) is 77.0 Å². The first kappa shape index (κ1) is 18.0. The molecule has 0 bridgehead atoms. The van der Waals surface area contributed by atoms with Crippen LogP contribution in [0.15, 0.2) is 30.3 Å². The highest BCUT2D eigenvalue weighted by Crippen LogP contribution is 2.38. The van der Waals surface area contributed by atoms with E-state index in [2.05, 4.69) is 19.1 Å². The molecule has 1 aliphatic carbocycles. The number of hydrogen-bond donors (Lipinski definition) is 0. The molecule has 0 aromatic heterocycles. The minimum Gasteiger partial charge on any atom is -0.465 e. The lowest BCUT2D eigenvalue weighted by molar-refractivity contribution is -0.147. The molecule has 2 nitrogen and oxygen atoms in total. The molecule has 1 aromatic rings. The Morgan fingerprint density at radius 2 is 1.70 bits per heavy atom. The Hall–Kier alpha value is -1.31. The predicted molar refractivity (Wildman–Crippen MR) is 95.5 cm³/mol. The summed E-state index contributed by atoms with van der Waals surface area (Å²) >= 11 is 0. The Balaban J connectivity index is 1.80. The Morgan fingerprint density at radius 1 is 1.04 bits per heavy atom. The maximum Gasteiger partial charge on any atom is 0.313 e. The van der Waals surface area contributed by atoms with Crippen molar-refractivity contribution < 1.29 is 9.53 Å². The van der Waals surface area contributed by atoms with Crippen molar-refractivity contribution in [1.29, 1.82) is 0 Å². The van der Waals surface area contributed by atoms with Gasteiger partial charge in [0.05, 0.1) is 12.5 Å². The molecule has 1 fully saturated rings. The molecule has 2 heteroatoms. The van der Waals surface area contributed by atoms with Gasteiger partial charge >= 0.3 is 5.97 Å². The largest absolute Gasteiger partial charge is 0.465 e. The quantitative estimate of drug-likeness (QED) is 0.399. The van der Waals surface area contributed by atoms with E-state index in [9.17, 15) is 4.79 Å². The fraction of sp³-hybridized carbons (Fsp3) is 0.667. The van der Waals surface area contributed by atoms with Gasteiger partial charge in [0.1, 0.15) is 0 Å². The highest BCUT2D eigenvalue weighted by molar-refractivity contribution is 5.78. The van der Waals surface area contributed by atoms with E-state index in [4.69, 9.17) is 4.74 Å². The van der Waals surface area contributed by atoms with Crippen LogP contribution in [0.1, 0.15) is 82.6 Å². The lowest BCUT2D eigenvalue weighted by Crippen LogP contribution is -2.23. The van der Waals surface area contributed by atoms with Crippen LogP contribution in [0, 0.1) is 5.92 Å². The molecular weight excluding hydrogens is 284 g/mol. The van der Waals surface area contributed by atoms with Gasteiger partial charge in [-0.3, -0.25) is 4.79 Å². The zero-order valence-corrected chi connectivity index (χ0v) is 14.6. The average molecular weight is 316 g/mol. The summed E-state index contributed by atoms with van der Waals surface area (Å²) in [7, 11) is 0. The van der Waals surface area contributed by atoms with Crippen LogP contribution in [0.4, 0.5) is 0 Å². The summed E-state index contributed by atoms with van der Waals surface area (Å²) in [6, 6.07) is 10.2. The SMILES string of the molecule is CCCCCCCCOC(=O)C(c1ccccc1)C1CCCC1. The second kappa shape index (κ2) is 10.5. The topological polar surface area (TPSA) is 26.3 Å². The summed E-state index contributed by atoms with van der Waals surface area (Å²) < 4.78 is 5.64. The lowest BCUT2D eigenvalue weighted by atomic mass is 9.85. The summed E-state index contributed by atoms with van der Waals surface area (Å²) in [5.41, 5.74) is 1.13. The molecule has 0 N–H and O–H groups in total. The normalized spacial score (nSPS) is 16.4. The van der Waals surface area contributed by atoms with E-state index >= 15 is 0 Å². The molecule has 1 aromatic carbocycles. The number of rotatable bonds is 10. The zero-order valence-electron chi connectivity index (χ0n) is 14.6. The van der Waals surface area contributed by atoms with Crippen molar-refractivity contribution >= 4 is 5.97 Å². The van der Waals surface area contributed by atoms with E-state index in [1.54, 1.807) is 0 Å². The third-order valence-electron chi connectivity index (χ3n) is 5.03. The fourth-order valence-electron chi connectivity index (χ4n) is 3.70. The number of ether oxygens (including phenoxy) is 1. The van der Waals surface area contributed by atoms with Crippen LogP contribution >= 0.6 is 0 Å². The van der Waals surface area contributed by atoms with Gasteiger partial charge in [0.25, 0.3) is 0 Å². The molecule has 1 atom stereocenters. The van der Waals surface area contributed by atoms with E-state index in [0.29, 0.717) is 12.5 Å². The van der Waals surface area contributed by atoms with Crippen LogP contribution in [0.5, 0.6) is 0 Å². The van der Waals surface area contributed by atoms with Gasteiger partial charge in [0.2, 0.25) is 0 Å². The Labute approximate surface area is 141 Å². The highest BCUT2D eigenvalue weighted by atomic mass is 16.5. The minimum atomic E-state index is -0.0567. The van der Waals surface area contributed by atoms with Crippen molar-refractivity contribution in [3.63, 3.8) is 0 Å². The van der Waals surface area contributed by atoms with Gasteiger partial charge in [0, 0.05) is 0 Å². The van der Waals surface area contributed by atoms with Crippen molar-refractivity contribution in [2.75, 3.05) is 6.61 Å². The van der Waals surface area contributed by atoms with Gasteiger partial charge in [-0.25, -0.2) is 0 Å². The number of carbonyl (C=O) groups excluding carboxylic acids is 1. The average Bonchev–Trinajstić information content (AvgIpc) is 3.09. The molecule has 0 heterocycles. The van der Waals surface area contributed by atoms with Crippen molar-refractivity contribution in [3.05, 3.63) is 35.9 Å². The molecule has 0 amide bonds. The zero-order chi connectivity index (χ0) is 16.3. The number of unbranched alkanes of at least 4 members (excludes halogenated alkanes) is 5. The van der Waals surface area contributed by atoms with Gasteiger partial charge in [-0.2, -0.15) is 0 Å². The van der Waals surface area contributed by atoms with Gasteiger partial charge in [0.15, 0.2) is 0 Å². The van der Waals surface area contributed by atoms with Crippen LogP contribution in [0.3, 0.4) is 0 Å². The molecule has 0 aliphatic heterocycles. The van der Waals surface area contributed by atoms with Crippen molar-refractivity contribution in [3.8, 4) is 0 Å². The van der Waals surface area contributed by atoms with Crippen LogP contribution in [-0.4, -0.2) is 12.6 Å². The molecule has 2 rings (SSSR count). The summed E-state index contributed by atoms with van der Waals surface area (Å²) in [4.78, 5) is 12.6. The lowest BCUT2D eigenvalue weighted by Gasteiger charge is -2.22. The first-order valence-electron chi connectivity index (χ1n) is 9.54. The van der Waals surface area contributed by atoms with Crippen LogP contribution < -0.4 is 0 Å². The summed E-state index contributed by atoms with van der Waals surface area (Å²) in [6.07, 6.45) is 12.1. The number of esters is 1. The van der Waals surface area contributed by atoms with E-state index in [1.165, 1.54) is 44.9 Å². The minimum absolute atomic E-state index is 0.00309. The van der Waals surface area contributed by atoms with E-state index in [1.807, 2.05) is 18.2 Å². The predicted octanol–water partition coefficient (Wildman–Crippen LogP) is 5.86. The molecule has 1 saturated carbocycles. The molecule has 0 spiro atoms. The Bertz CT molecular complexity index is 434. The van der Waals surface area contributed by atoms with Crippen molar-refractivity contribution in [1.82, 2.24) is 0 Å². The number of benzene rings is 1. The number of carbonyl (C=O) groups is 1. The fourth-order valence-corrected chi connectivity index (χ4v) is 3.70. The van der Waals surface area contributed by atoms with E-state index in [-0.39, 0.29) is 11.9 Å². The van der Waals surface area contributed by atoms with E-state index < -0.39 is 0 Å². The Kier molecular flexibility index (Phi) is 8.20. The molecule has 1 unspecified atom stereocenters. The maximum absolute atomic E-state index is 12.6. The monoisotopic (exact) mass is 316 g/mol. The third-order valence-corrected chi connectivity index (χ3v) is 5.03. The van der Waals surface area contributed by atoms with Gasteiger partial charge in [-0.05, 0) is 30.7 Å². The van der Waals surface area contributed by atoms with Gasteiger partial charge in [-0.15, -0.1) is 0 Å². The van der Waals surface area contributed by atoms with Crippen LogP contribution in [-0.2, 0) is 9.53 Å². The first-order valence-corrected chi connectivity index (χ1v) is 9.54. The third kappa shape index (κ3) is 6.01. The first-order chi connectivity index (χ1) is 11.3. The second-order valence-corrected chi connectivity index (χ2v) is 6.87. The molecular formula is C21H32O2. The standard InChI is InChI=1S/C21H32O2/c1-2-3-4-5-6-12-17-23-21(22)20(19-15-10-11-16-19)18-13-8-7-9-14-18/h7-9,13-14,19-20H,2-6,10-12,15-17H2,1H3. The highest BCUT2D eigenvalue weighted by Gasteiger charge is 2.32. The molecule has 0 radical (unpaired) electrons. The van der Waals surface area contributed by atoms with E-state index in [0.717, 1.165) is 24.8 Å².